The highest BCUT2D eigenvalue weighted by Gasteiger charge is 2.30. The summed E-state index contributed by atoms with van der Waals surface area (Å²) in [5, 5.41) is 5.48. The van der Waals surface area contributed by atoms with E-state index in [1.54, 1.807) is 97.1 Å². The van der Waals surface area contributed by atoms with E-state index in [-0.39, 0.29) is 22.3 Å². The summed E-state index contributed by atoms with van der Waals surface area (Å²) in [6, 6.07) is 49.6. The topological polar surface area (TPSA) is 163 Å². The van der Waals surface area contributed by atoms with E-state index in [9.17, 15) is 24.0 Å². The van der Waals surface area contributed by atoms with E-state index >= 15 is 0 Å². The molecule has 11 nitrogen and oxygen atoms in total. The van der Waals surface area contributed by atoms with Gasteiger partial charge in [0.1, 0.15) is 0 Å². The van der Waals surface area contributed by atoms with Gasteiger partial charge in [-0.15, -0.1) is 0 Å². The fraction of sp³-hybridized carbons (Fsp3) is 0. The largest absolute Gasteiger partial charge is 0.285 e. The maximum Gasteiger partial charge on any atom is 0.267 e. The molecule has 0 aliphatic carbocycles. The first kappa shape index (κ1) is 37.4. The smallest absolute Gasteiger partial charge is 0.267 e. The minimum Gasteiger partial charge on any atom is -0.285 e. The average Bonchev–Trinajstić information content (AvgIpc) is 3.34. The molecule has 10 aromatic rings. The summed E-state index contributed by atoms with van der Waals surface area (Å²) >= 11 is 0. The second-order valence-electron chi connectivity index (χ2n) is 14.4. The highest BCUT2D eigenvalue weighted by Crippen LogP contribution is 2.26. The molecule has 0 bridgehead atoms. The zero-order valence-corrected chi connectivity index (χ0v) is 32.4. The van der Waals surface area contributed by atoms with Gasteiger partial charge in [0.2, 0.25) is 58.1 Å². The van der Waals surface area contributed by atoms with Gasteiger partial charge in [-0.2, -0.15) is 0 Å². The molecule has 62 heavy (non-hydrogen) atoms. The van der Waals surface area contributed by atoms with Crippen LogP contribution in [0.5, 0.6) is 0 Å². The van der Waals surface area contributed by atoms with Gasteiger partial charge >= 0.3 is 0 Å². The minimum atomic E-state index is -1.09. The quantitative estimate of drug-likeness (QED) is 0.121. The predicted molar refractivity (Wildman–Crippen MR) is 233 cm³/mol. The first-order chi connectivity index (χ1) is 30.3. The molecule has 0 N–H and O–H groups in total. The second-order valence-corrected chi connectivity index (χ2v) is 14.4. The Labute approximate surface area is 351 Å². The molecule has 2 heterocycles. The van der Waals surface area contributed by atoms with Crippen LogP contribution in [-0.4, -0.2) is 58.8 Å². The summed E-state index contributed by atoms with van der Waals surface area (Å²) in [4.78, 5) is 98.5. The number of carbonyl (C=O) groups is 5. The van der Waals surface area contributed by atoms with Gasteiger partial charge in [0.05, 0.1) is 0 Å². The maximum atomic E-state index is 14.8. The summed E-state index contributed by atoms with van der Waals surface area (Å²) in [5.41, 5.74) is 0.898. The van der Waals surface area contributed by atoms with Crippen LogP contribution in [0.15, 0.2) is 170 Å². The Morgan fingerprint density at radius 1 is 0.226 bits per heavy atom. The third-order valence-electron chi connectivity index (χ3n) is 10.6. The van der Waals surface area contributed by atoms with Crippen LogP contribution in [-0.2, 0) is 0 Å². The van der Waals surface area contributed by atoms with E-state index in [0.717, 1.165) is 21.5 Å². The fourth-order valence-corrected chi connectivity index (χ4v) is 7.64. The van der Waals surface area contributed by atoms with Gasteiger partial charge in [-0.1, -0.05) is 170 Å². The van der Waals surface area contributed by atoms with Crippen LogP contribution in [0.25, 0.3) is 43.1 Å². The van der Waals surface area contributed by atoms with Crippen molar-refractivity contribution < 1.29 is 24.0 Å². The lowest BCUT2D eigenvalue weighted by Crippen LogP contribution is -2.24. The molecule has 0 fully saturated rings. The minimum absolute atomic E-state index is 0.224. The molecule has 11 heteroatoms. The molecule has 8 aromatic carbocycles. The van der Waals surface area contributed by atoms with Crippen LogP contribution < -0.4 is 0 Å². The van der Waals surface area contributed by atoms with Crippen LogP contribution in [0.3, 0.4) is 0 Å². The molecular weight excluding hydrogens is 777 g/mol. The van der Waals surface area contributed by atoms with Crippen LogP contribution in [0.1, 0.15) is 81.2 Å². The molecule has 292 valence electrons. The highest BCUT2D eigenvalue weighted by molar-refractivity contribution is 6.20. The zero-order chi connectivity index (χ0) is 42.3. The average molecular weight is 805 g/mol. The lowest BCUT2D eigenvalue weighted by molar-refractivity contribution is 0.101. The number of fused-ring (bicyclic) bond motifs is 4. The molecule has 0 atom stereocenters. The number of benzene rings is 8. The van der Waals surface area contributed by atoms with Crippen molar-refractivity contribution in [3.8, 4) is 0 Å². The Morgan fingerprint density at radius 3 is 0.661 bits per heavy atom. The Bertz CT molecular complexity index is 3080. The first-order valence-corrected chi connectivity index (χ1v) is 19.5. The third-order valence-corrected chi connectivity index (χ3v) is 10.6. The van der Waals surface area contributed by atoms with Gasteiger partial charge in [-0.25, -0.2) is 29.9 Å². The number of nitrogens with zero attached hydrogens (tertiary/aromatic N) is 6. The number of hydrogen-bond acceptors (Lipinski definition) is 11. The monoisotopic (exact) mass is 804 g/mol. The Morgan fingerprint density at radius 2 is 0.419 bits per heavy atom. The van der Waals surface area contributed by atoms with E-state index < -0.39 is 63.9 Å². The molecule has 2 aromatic heterocycles. The van der Waals surface area contributed by atoms with Crippen molar-refractivity contribution in [2.24, 2.45) is 0 Å². The van der Waals surface area contributed by atoms with Gasteiger partial charge in [0.25, 0.3) is 5.78 Å². The van der Waals surface area contributed by atoms with Crippen LogP contribution in [0.4, 0.5) is 0 Å². The van der Waals surface area contributed by atoms with Crippen molar-refractivity contribution in [2.75, 3.05) is 0 Å². The number of rotatable bonds is 10. The van der Waals surface area contributed by atoms with E-state index in [0.29, 0.717) is 21.5 Å². The summed E-state index contributed by atoms with van der Waals surface area (Å²) in [6.07, 6.45) is 0. The normalized spacial score (nSPS) is 11.2. The molecule has 10 rings (SSSR count). The van der Waals surface area contributed by atoms with Gasteiger partial charge in [0, 0.05) is 22.3 Å². The van der Waals surface area contributed by atoms with Crippen molar-refractivity contribution >= 4 is 72.0 Å². The van der Waals surface area contributed by atoms with E-state index in [4.69, 9.17) is 0 Å². The molecular formula is C51H28N6O5. The molecule has 0 aliphatic rings. The van der Waals surface area contributed by atoms with Crippen LogP contribution in [0, 0.1) is 0 Å². The van der Waals surface area contributed by atoms with E-state index in [2.05, 4.69) is 29.9 Å². The van der Waals surface area contributed by atoms with Crippen LogP contribution in [0.2, 0.25) is 0 Å². The van der Waals surface area contributed by atoms with Crippen molar-refractivity contribution in [2.45, 2.75) is 0 Å². The van der Waals surface area contributed by atoms with Gasteiger partial charge in [-0.3, -0.25) is 24.0 Å². The lowest BCUT2D eigenvalue weighted by atomic mass is 10.00. The summed E-state index contributed by atoms with van der Waals surface area (Å²) < 4.78 is 0. The number of ketones is 5. The van der Waals surface area contributed by atoms with Crippen molar-refractivity contribution in [1.29, 1.82) is 0 Å². The van der Waals surface area contributed by atoms with Crippen molar-refractivity contribution in [3.05, 3.63) is 227 Å². The summed E-state index contributed by atoms with van der Waals surface area (Å²) in [7, 11) is 0. The zero-order valence-electron chi connectivity index (χ0n) is 32.4. The Balaban J connectivity index is 1.16. The molecule has 0 aliphatic heterocycles. The van der Waals surface area contributed by atoms with Gasteiger partial charge in [-0.05, 0) is 43.1 Å². The second kappa shape index (κ2) is 15.4. The molecule has 0 saturated carbocycles. The van der Waals surface area contributed by atoms with Gasteiger partial charge in [0.15, 0.2) is 0 Å². The fourth-order valence-electron chi connectivity index (χ4n) is 7.64. The van der Waals surface area contributed by atoms with Gasteiger partial charge < -0.3 is 0 Å². The highest BCUT2D eigenvalue weighted by atomic mass is 16.2. The SMILES string of the molecule is O=C(c1nc(C(=O)c2cccc3ccccc23)nc(C(=O)c2cccc3ccccc23)n1)c1nc(C(=O)c2cccc3ccccc23)nc(C(=O)c2cccc3ccccc23)n1. The van der Waals surface area contributed by atoms with Crippen molar-refractivity contribution in [1.82, 2.24) is 29.9 Å². The Kier molecular flexibility index (Phi) is 9.30. The summed E-state index contributed by atoms with van der Waals surface area (Å²) in [6.45, 7) is 0. The molecule has 0 amide bonds. The summed E-state index contributed by atoms with van der Waals surface area (Å²) in [5.74, 6) is -7.09. The lowest BCUT2D eigenvalue weighted by Gasteiger charge is -2.10. The molecule has 0 spiro atoms. The molecule has 0 unspecified atom stereocenters. The predicted octanol–water partition coefficient (Wildman–Crippen LogP) is 8.82. The number of aromatic nitrogens is 6. The van der Waals surface area contributed by atoms with Crippen LogP contribution >= 0.6 is 0 Å². The van der Waals surface area contributed by atoms with E-state index in [1.807, 2.05) is 72.8 Å². The standard InChI is InChI=1S/C51H28N6O5/c58-41(37-25-9-17-29-13-1-5-21-33(29)37)46-52-47(42(59)38-26-10-18-30-14-2-6-22-34(30)38)55-50(54-46)45(62)51-56-48(43(60)39-27-11-19-31-15-3-7-23-35(31)39)53-49(57-51)44(61)40-28-12-20-32-16-4-8-24-36(32)40/h1-28H. The first-order valence-electron chi connectivity index (χ1n) is 19.5. The Hall–Kier alpha value is -8.83. The number of carbonyl (C=O) groups excluding carboxylic acids is 5. The molecule has 0 saturated heterocycles. The number of hydrogen-bond donors (Lipinski definition) is 0. The van der Waals surface area contributed by atoms with Crippen molar-refractivity contribution in [3.63, 3.8) is 0 Å². The van der Waals surface area contributed by atoms with E-state index in [1.165, 1.54) is 0 Å². The molecule has 0 radical (unpaired) electrons. The third kappa shape index (κ3) is 6.65. The maximum absolute atomic E-state index is 14.8.